The first kappa shape index (κ1) is 19.4. The highest BCUT2D eigenvalue weighted by Crippen LogP contribution is 2.36. The molecule has 2 fully saturated rings. The molecule has 2 rings (SSSR count). The smallest absolute Gasteiger partial charge is 0.335 e. The van der Waals surface area contributed by atoms with Crippen molar-refractivity contribution in [3.8, 4) is 0 Å². The molecule has 8 N–H and O–H groups in total. The van der Waals surface area contributed by atoms with E-state index >= 15 is 0 Å². The molecule has 0 spiro atoms. The molecule has 0 saturated carbocycles. The summed E-state index contributed by atoms with van der Waals surface area (Å²) in [5, 5.41) is 76.4. The van der Waals surface area contributed by atoms with Gasteiger partial charge in [0.25, 0.3) is 0 Å². The first-order valence-electron chi connectivity index (χ1n) is 7.04. The number of hydrogen-bond acceptors (Lipinski definition) is 11. The average Bonchev–Trinajstić information content (AvgIpc) is 2.81. The summed E-state index contributed by atoms with van der Waals surface area (Å²) in [6.45, 7) is -1.87. The second-order valence-corrected chi connectivity index (χ2v) is 5.60. The summed E-state index contributed by atoms with van der Waals surface area (Å²) in [6, 6.07) is 0. The maximum absolute atomic E-state index is 11.0. The van der Waals surface area contributed by atoms with Gasteiger partial charge in [-0.3, -0.25) is 0 Å². The van der Waals surface area contributed by atoms with E-state index in [1.54, 1.807) is 0 Å². The monoisotopic (exact) mass is 356 g/mol. The number of carboxylic acid groups (broad SMARTS) is 1. The molecule has 0 amide bonds. The fourth-order valence-electron chi connectivity index (χ4n) is 2.60. The molecule has 0 aromatic rings. The van der Waals surface area contributed by atoms with Gasteiger partial charge in [0.05, 0.1) is 6.61 Å². The van der Waals surface area contributed by atoms with E-state index in [0.29, 0.717) is 0 Å². The molecule has 0 aliphatic carbocycles. The van der Waals surface area contributed by atoms with Crippen LogP contribution in [0.4, 0.5) is 0 Å². The van der Waals surface area contributed by atoms with Crippen LogP contribution in [0.15, 0.2) is 0 Å². The lowest BCUT2D eigenvalue weighted by Crippen LogP contribution is -2.62. The highest BCUT2D eigenvalue weighted by molar-refractivity contribution is 5.73. The van der Waals surface area contributed by atoms with Crippen LogP contribution in [-0.2, 0) is 19.0 Å². The molecule has 0 aromatic carbocycles. The zero-order chi connectivity index (χ0) is 18.2. The van der Waals surface area contributed by atoms with E-state index in [-0.39, 0.29) is 0 Å². The second kappa shape index (κ2) is 7.13. The van der Waals surface area contributed by atoms with Crippen LogP contribution in [0.5, 0.6) is 0 Å². The average molecular weight is 356 g/mol. The first-order valence-corrected chi connectivity index (χ1v) is 7.04. The van der Waals surface area contributed by atoms with E-state index in [1.165, 1.54) is 0 Å². The Balaban J connectivity index is 2.21. The van der Waals surface area contributed by atoms with Crippen LogP contribution in [0.25, 0.3) is 0 Å². The Labute approximate surface area is 135 Å². The number of carbonyl (C=O) groups is 1. The largest absolute Gasteiger partial charge is 0.479 e. The van der Waals surface area contributed by atoms with Crippen molar-refractivity contribution in [2.45, 2.75) is 54.8 Å². The molecule has 0 aromatic heterocycles. The molecule has 2 heterocycles. The predicted octanol–water partition coefficient (Wildman–Crippen LogP) is -5.30. The zero-order valence-corrected chi connectivity index (χ0v) is 12.2. The topological polar surface area (TPSA) is 207 Å². The molecule has 0 radical (unpaired) electrons. The Morgan fingerprint density at radius 2 is 1.62 bits per heavy atom. The normalized spacial score (nSPS) is 49.3. The van der Waals surface area contributed by atoms with Gasteiger partial charge in [-0.15, -0.1) is 0 Å². The van der Waals surface area contributed by atoms with Crippen LogP contribution in [0.3, 0.4) is 0 Å². The Kier molecular flexibility index (Phi) is 5.76. The molecule has 2 saturated heterocycles. The van der Waals surface area contributed by atoms with Gasteiger partial charge in [0, 0.05) is 0 Å². The number of aliphatic hydroxyl groups is 7. The Hall–Kier alpha value is -0.930. The first-order chi connectivity index (χ1) is 11.2. The third-order valence-electron chi connectivity index (χ3n) is 4.04. The van der Waals surface area contributed by atoms with Crippen LogP contribution < -0.4 is 0 Å². The van der Waals surface area contributed by atoms with Gasteiger partial charge < -0.3 is 55.1 Å². The highest BCUT2D eigenvalue weighted by atomic mass is 16.8. The van der Waals surface area contributed by atoms with Crippen LogP contribution in [-0.4, -0.2) is 115 Å². The lowest BCUT2D eigenvalue weighted by atomic mass is 9.99. The minimum atomic E-state index is -2.46. The van der Waals surface area contributed by atoms with Crippen molar-refractivity contribution in [2.75, 3.05) is 13.2 Å². The Morgan fingerprint density at radius 1 is 1.00 bits per heavy atom. The second-order valence-electron chi connectivity index (χ2n) is 5.60. The fourth-order valence-corrected chi connectivity index (χ4v) is 2.60. The van der Waals surface area contributed by atoms with Crippen molar-refractivity contribution in [2.24, 2.45) is 0 Å². The van der Waals surface area contributed by atoms with E-state index in [2.05, 4.69) is 0 Å². The van der Waals surface area contributed by atoms with Gasteiger partial charge in [-0.1, -0.05) is 0 Å². The number of carboxylic acids is 1. The van der Waals surface area contributed by atoms with Crippen LogP contribution in [0.1, 0.15) is 0 Å². The van der Waals surface area contributed by atoms with Crippen molar-refractivity contribution in [1.29, 1.82) is 0 Å². The van der Waals surface area contributed by atoms with Crippen molar-refractivity contribution < 1.29 is 59.9 Å². The van der Waals surface area contributed by atoms with E-state index in [0.717, 1.165) is 0 Å². The van der Waals surface area contributed by atoms with Crippen molar-refractivity contribution in [3.05, 3.63) is 0 Å². The summed E-state index contributed by atoms with van der Waals surface area (Å²) in [5.74, 6) is -4.09. The molecule has 2 aliphatic heterocycles. The number of rotatable bonds is 5. The number of ether oxygens (including phenoxy) is 3. The van der Waals surface area contributed by atoms with Gasteiger partial charge in [-0.25, -0.2) is 4.79 Å². The summed E-state index contributed by atoms with van der Waals surface area (Å²) in [4.78, 5) is 11.0. The summed E-state index contributed by atoms with van der Waals surface area (Å²) in [6.07, 6.45) is -14.3. The van der Waals surface area contributed by atoms with Gasteiger partial charge in [0.1, 0.15) is 43.2 Å². The molecule has 140 valence electrons. The quantitative estimate of drug-likeness (QED) is 0.232. The van der Waals surface area contributed by atoms with E-state index in [9.17, 15) is 35.4 Å². The zero-order valence-electron chi connectivity index (χ0n) is 12.2. The van der Waals surface area contributed by atoms with Gasteiger partial charge in [0.2, 0.25) is 5.79 Å². The molecule has 5 unspecified atom stereocenters. The molecular formula is C12H20O12. The lowest BCUT2D eigenvalue weighted by molar-refractivity contribution is -0.382. The summed E-state index contributed by atoms with van der Waals surface area (Å²) in [5.41, 5.74) is 0. The van der Waals surface area contributed by atoms with Gasteiger partial charge in [0.15, 0.2) is 12.4 Å². The van der Waals surface area contributed by atoms with Crippen molar-refractivity contribution in [1.82, 2.24) is 0 Å². The third kappa shape index (κ3) is 3.13. The number of aliphatic carboxylic acids is 1. The summed E-state index contributed by atoms with van der Waals surface area (Å²) in [7, 11) is 0. The van der Waals surface area contributed by atoms with Crippen LogP contribution in [0, 0.1) is 0 Å². The van der Waals surface area contributed by atoms with Crippen molar-refractivity contribution in [3.63, 3.8) is 0 Å². The van der Waals surface area contributed by atoms with Crippen LogP contribution >= 0.6 is 0 Å². The van der Waals surface area contributed by atoms with E-state index < -0.39 is 74.0 Å². The third-order valence-corrected chi connectivity index (χ3v) is 4.04. The Bertz CT molecular complexity index is 457. The number of aliphatic hydroxyl groups excluding tert-OH is 7. The standard InChI is InChI=1S/C12H20O12/c13-1-3-4(15)5(16)6(17)11(22-3)24-12(2-14)9(19)7(18)8(23-12)10(20)21/h3-9,11,13-19H,1-2H2,(H,20,21)/t3?,4-,5?,6?,7?,8+,9?,11-,12+/m1/s1. The summed E-state index contributed by atoms with van der Waals surface area (Å²) >= 11 is 0. The lowest BCUT2D eigenvalue weighted by Gasteiger charge is -2.43. The molecule has 2 aliphatic rings. The van der Waals surface area contributed by atoms with Gasteiger partial charge in [-0.05, 0) is 0 Å². The predicted molar refractivity (Wildman–Crippen MR) is 69.2 cm³/mol. The maximum Gasteiger partial charge on any atom is 0.335 e. The van der Waals surface area contributed by atoms with Gasteiger partial charge in [-0.2, -0.15) is 0 Å². The SMILES string of the molecule is O=C(O)[C@H]1O[C@@](CO)(O[C@H]2OC(CO)[C@@H](O)C(O)C2O)C(O)C1O. The van der Waals surface area contributed by atoms with E-state index in [4.69, 9.17) is 24.4 Å². The van der Waals surface area contributed by atoms with Crippen molar-refractivity contribution >= 4 is 5.97 Å². The maximum atomic E-state index is 11.0. The summed E-state index contributed by atoms with van der Waals surface area (Å²) < 4.78 is 15.0. The number of hydrogen-bond donors (Lipinski definition) is 8. The molecule has 12 heteroatoms. The molecular weight excluding hydrogens is 336 g/mol. The molecule has 24 heavy (non-hydrogen) atoms. The van der Waals surface area contributed by atoms with Crippen LogP contribution in [0.2, 0.25) is 0 Å². The minimum absolute atomic E-state index is 0.749. The van der Waals surface area contributed by atoms with Gasteiger partial charge >= 0.3 is 5.97 Å². The van der Waals surface area contributed by atoms with E-state index in [1.807, 2.05) is 0 Å². The molecule has 0 bridgehead atoms. The highest BCUT2D eigenvalue weighted by Gasteiger charge is 2.60. The fraction of sp³-hybridized carbons (Fsp3) is 0.917. The molecule has 9 atom stereocenters. The Morgan fingerprint density at radius 3 is 2.08 bits per heavy atom. The minimum Gasteiger partial charge on any atom is -0.479 e. The molecule has 12 nitrogen and oxygen atoms in total.